The molecule has 0 saturated heterocycles. The van der Waals surface area contributed by atoms with Gasteiger partial charge in [-0.1, -0.05) is 25.0 Å². The van der Waals surface area contributed by atoms with Crippen LogP contribution in [-0.2, 0) is 6.61 Å². The number of hydrogen-bond donors (Lipinski definition) is 1. The van der Waals surface area contributed by atoms with Gasteiger partial charge in [0.25, 0.3) is 5.91 Å². The van der Waals surface area contributed by atoms with Crippen LogP contribution >= 0.6 is 11.3 Å². The third-order valence-electron chi connectivity index (χ3n) is 3.80. The van der Waals surface area contributed by atoms with E-state index in [1.165, 1.54) is 30.2 Å². The van der Waals surface area contributed by atoms with E-state index >= 15 is 0 Å². The molecule has 2 aromatic rings. The fourth-order valence-electron chi connectivity index (χ4n) is 2.62. The molecule has 1 saturated carbocycles. The minimum Gasteiger partial charge on any atom is -0.486 e. The van der Waals surface area contributed by atoms with Crippen LogP contribution in [0.1, 0.15) is 40.9 Å². The van der Waals surface area contributed by atoms with Crippen LogP contribution in [0.4, 0.5) is 4.39 Å². The Hall–Kier alpha value is -1.88. The fraction of sp³-hybridized carbons (Fsp3) is 0.353. The molecule has 0 radical (unpaired) electrons. The van der Waals surface area contributed by atoms with Gasteiger partial charge in [-0.2, -0.15) is 0 Å². The summed E-state index contributed by atoms with van der Waals surface area (Å²) in [6, 6.07) is 8.44. The Balaban J connectivity index is 1.56. The maximum Gasteiger partial charge on any atom is 0.261 e. The Bertz CT molecular complexity index is 650. The summed E-state index contributed by atoms with van der Waals surface area (Å²) in [5.41, 5.74) is 0.879. The molecule has 1 N–H and O–H groups in total. The van der Waals surface area contributed by atoms with Crippen molar-refractivity contribution < 1.29 is 13.9 Å². The molecule has 0 bridgehead atoms. The van der Waals surface area contributed by atoms with Crippen LogP contribution in [0, 0.1) is 5.82 Å². The molecule has 1 heterocycles. The molecule has 116 valence electrons. The Morgan fingerprint density at radius 1 is 1.32 bits per heavy atom. The predicted octanol–water partition coefficient (Wildman–Crippen LogP) is 4.14. The molecule has 0 unspecified atom stereocenters. The van der Waals surface area contributed by atoms with Gasteiger partial charge in [0.15, 0.2) is 11.6 Å². The van der Waals surface area contributed by atoms with E-state index < -0.39 is 0 Å². The zero-order valence-electron chi connectivity index (χ0n) is 12.2. The molecule has 1 aromatic heterocycles. The van der Waals surface area contributed by atoms with Crippen molar-refractivity contribution >= 4 is 17.2 Å². The molecule has 1 fully saturated rings. The molecule has 1 aromatic carbocycles. The topological polar surface area (TPSA) is 38.3 Å². The van der Waals surface area contributed by atoms with E-state index in [0.717, 1.165) is 18.4 Å². The first-order valence-corrected chi connectivity index (χ1v) is 8.36. The first-order valence-electron chi connectivity index (χ1n) is 7.48. The molecule has 0 atom stereocenters. The van der Waals surface area contributed by atoms with Gasteiger partial charge in [-0.05, 0) is 36.4 Å². The lowest BCUT2D eigenvalue weighted by molar-refractivity contribution is 0.0942. The molecule has 0 spiro atoms. The second-order valence-electron chi connectivity index (χ2n) is 5.49. The minimum atomic E-state index is -0.378. The highest BCUT2D eigenvalue weighted by atomic mass is 32.1. The number of nitrogens with one attached hydrogen (secondary N) is 1. The van der Waals surface area contributed by atoms with Crippen molar-refractivity contribution in [1.82, 2.24) is 5.32 Å². The molecule has 3 rings (SSSR count). The van der Waals surface area contributed by atoms with Crippen LogP contribution in [0.25, 0.3) is 0 Å². The van der Waals surface area contributed by atoms with Gasteiger partial charge in [0.05, 0.1) is 4.88 Å². The number of para-hydroxylation sites is 1. The normalized spacial score (nSPS) is 15.0. The van der Waals surface area contributed by atoms with Crippen molar-refractivity contribution in [1.29, 1.82) is 0 Å². The Kier molecular flexibility index (Phi) is 4.73. The van der Waals surface area contributed by atoms with Crippen LogP contribution < -0.4 is 10.1 Å². The first kappa shape index (κ1) is 15.0. The lowest BCUT2D eigenvalue weighted by Gasteiger charge is -2.10. The number of hydrogen-bond acceptors (Lipinski definition) is 3. The van der Waals surface area contributed by atoms with E-state index in [4.69, 9.17) is 4.74 Å². The Labute approximate surface area is 133 Å². The zero-order chi connectivity index (χ0) is 15.4. The number of rotatable bonds is 5. The number of halogens is 1. The quantitative estimate of drug-likeness (QED) is 0.899. The molecule has 3 nitrogen and oxygen atoms in total. The molecule has 22 heavy (non-hydrogen) atoms. The lowest BCUT2D eigenvalue weighted by Crippen LogP contribution is -2.31. The Morgan fingerprint density at radius 3 is 2.86 bits per heavy atom. The minimum absolute atomic E-state index is 0.0194. The van der Waals surface area contributed by atoms with Crippen molar-refractivity contribution in [3.8, 4) is 5.75 Å². The van der Waals surface area contributed by atoms with Gasteiger partial charge in [0.1, 0.15) is 6.61 Å². The number of benzene rings is 1. The highest BCUT2D eigenvalue weighted by molar-refractivity contribution is 7.12. The highest BCUT2D eigenvalue weighted by Gasteiger charge is 2.19. The predicted molar refractivity (Wildman–Crippen MR) is 84.8 cm³/mol. The summed E-state index contributed by atoms with van der Waals surface area (Å²) in [4.78, 5) is 12.8. The van der Waals surface area contributed by atoms with Crippen molar-refractivity contribution in [3.63, 3.8) is 0 Å². The summed E-state index contributed by atoms with van der Waals surface area (Å²) in [7, 11) is 0. The summed E-state index contributed by atoms with van der Waals surface area (Å²) >= 11 is 1.39. The summed E-state index contributed by atoms with van der Waals surface area (Å²) < 4.78 is 18.9. The van der Waals surface area contributed by atoms with Gasteiger partial charge < -0.3 is 10.1 Å². The summed E-state index contributed by atoms with van der Waals surface area (Å²) in [5, 5.41) is 4.94. The zero-order valence-corrected chi connectivity index (χ0v) is 13.0. The second kappa shape index (κ2) is 6.92. The highest BCUT2D eigenvalue weighted by Crippen LogP contribution is 2.22. The van der Waals surface area contributed by atoms with E-state index in [-0.39, 0.29) is 24.1 Å². The van der Waals surface area contributed by atoms with Crippen LogP contribution in [0.5, 0.6) is 5.75 Å². The molecule has 1 aliphatic carbocycles. The van der Waals surface area contributed by atoms with E-state index in [1.807, 2.05) is 11.4 Å². The SMILES string of the molecule is O=C(NC1CCCC1)c1cc(COc2ccccc2F)cs1. The average molecular weight is 319 g/mol. The molecule has 1 aliphatic rings. The maximum absolute atomic E-state index is 13.5. The van der Waals surface area contributed by atoms with Crippen LogP contribution in [0.15, 0.2) is 35.7 Å². The van der Waals surface area contributed by atoms with E-state index in [0.29, 0.717) is 10.9 Å². The first-order chi connectivity index (χ1) is 10.7. The fourth-order valence-corrected chi connectivity index (χ4v) is 3.42. The maximum atomic E-state index is 13.5. The van der Waals surface area contributed by atoms with Crippen molar-refractivity contribution in [2.75, 3.05) is 0 Å². The monoisotopic (exact) mass is 319 g/mol. The van der Waals surface area contributed by atoms with Gasteiger partial charge in [-0.15, -0.1) is 11.3 Å². The number of thiophene rings is 1. The van der Waals surface area contributed by atoms with Gasteiger partial charge in [0, 0.05) is 11.6 Å². The standard InChI is InChI=1S/C17H18FNO2S/c18-14-7-3-4-8-15(14)21-10-12-9-16(22-11-12)17(20)19-13-5-1-2-6-13/h3-4,7-9,11,13H,1-2,5-6,10H2,(H,19,20). The van der Waals surface area contributed by atoms with Gasteiger partial charge in [0.2, 0.25) is 0 Å². The third-order valence-corrected chi connectivity index (χ3v) is 4.78. The number of carbonyl (C=O) groups excluding carboxylic acids is 1. The van der Waals surface area contributed by atoms with Gasteiger partial charge in [-0.3, -0.25) is 4.79 Å². The molecular weight excluding hydrogens is 301 g/mol. The Morgan fingerprint density at radius 2 is 2.09 bits per heavy atom. The smallest absolute Gasteiger partial charge is 0.261 e. The largest absolute Gasteiger partial charge is 0.486 e. The molecule has 1 amide bonds. The number of amides is 1. The lowest BCUT2D eigenvalue weighted by atomic mass is 10.2. The summed E-state index contributed by atoms with van der Waals surface area (Å²) in [5.74, 6) is -0.170. The van der Waals surface area contributed by atoms with Crippen LogP contribution in [-0.4, -0.2) is 11.9 Å². The third kappa shape index (κ3) is 3.65. The summed E-state index contributed by atoms with van der Waals surface area (Å²) in [6.45, 7) is 0.258. The van der Waals surface area contributed by atoms with E-state index in [2.05, 4.69) is 5.32 Å². The second-order valence-corrected chi connectivity index (χ2v) is 6.40. The van der Waals surface area contributed by atoms with Gasteiger partial charge >= 0.3 is 0 Å². The average Bonchev–Trinajstić information content (AvgIpc) is 3.18. The van der Waals surface area contributed by atoms with E-state index in [1.54, 1.807) is 18.2 Å². The number of ether oxygens (including phenoxy) is 1. The van der Waals surface area contributed by atoms with E-state index in [9.17, 15) is 9.18 Å². The number of carbonyl (C=O) groups is 1. The van der Waals surface area contributed by atoms with Gasteiger partial charge in [-0.25, -0.2) is 4.39 Å². The molecule has 0 aliphatic heterocycles. The van der Waals surface area contributed by atoms with Crippen molar-refractivity contribution in [2.24, 2.45) is 0 Å². The van der Waals surface area contributed by atoms with Crippen molar-refractivity contribution in [3.05, 3.63) is 52.0 Å². The van der Waals surface area contributed by atoms with Crippen LogP contribution in [0.3, 0.4) is 0 Å². The van der Waals surface area contributed by atoms with Crippen LogP contribution in [0.2, 0.25) is 0 Å². The van der Waals surface area contributed by atoms with Crippen molar-refractivity contribution in [2.45, 2.75) is 38.3 Å². The molecular formula is C17H18FNO2S. The molecule has 5 heteroatoms. The summed E-state index contributed by atoms with van der Waals surface area (Å²) in [6.07, 6.45) is 4.52.